The van der Waals surface area contributed by atoms with Crippen molar-refractivity contribution in [3.63, 3.8) is 0 Å². The zero-order chi connectivity index (χ0) is 15.2. The second-order valence-electron chi connectivity index (χ2n) is 3.96. The highest BCUT2D eigenvalue weighted by atomic mass is 35.5. The Kier molecular flexibility index (Phi) is 5.29. The quantitative estimate of drug-likeness (QED) is 0.642. The van der Waals surface area contributed by atoms with Crippen LogP contribution in [0, 0.1) is 10.1 Å². The average molecular weight is 326 g/mol. The van der Waals surface area contributed by atoms with Gasteiger partial charge in [0.1, 0.15) is 0 Å². The number of benzene rings is 1. The Labute approximate surface area is 130 Å². The number of nitro benzene ring substituents is 1. The Morgan fingerprint density at radius 3 is 2.81 bits per heavy atom. The Hall–Kier alpha value is -1.93. The number of halogens is 1. The minimum absolute atomic E-state index is 0.00195. The van der Waals surface area contributed by atoms with Crippen molar-refractivity contribution in [2.24, 2.45) is 0 Å². The summed E-state index contributed by atoms with van der Waals surface area (Å²) in [6, 6.07) is 6.40. The molecule has 0 saturated heterocycles. The summed E-state index contributed by atoms with van der Waals surface area (Å²) in [5.41, 5.74) is 0.00195. The third-order valence-corrected chi connectivity index (χ3v) is 3.48. The third kappa shape index (κ3) is 4.27. The van der Waals surface area contributed by atoms with Crippen LogP contribution < -0.4 is 5.32 Å². The van der Waals surface area contributed by atoms with Crippen LogP contribution in [0.4, 0.5) is 11.6 Å². The number of nitrogens with zero attached hydrogens (tertiary/aromatic N) is 4. The van der Waals surface area contributed by atoms with Crippen molar-refractivity contribution >= 4 is 35.0 Å². The molecule has 0 unspecified atom stereocenters. The molecule has 0 aliphatic heterocycles. The Balaban J connectivity index is 2.27. The first-order valence-electron chi connectivity index (χ1n) is 6.17. The summed E-state index contributed by atoms with van der Waals surface area (Å²) in [7, 11) is 0. The highest BCUT2D eigenvalue weighted by molar-refractivity contribution is 7.99. The molecular weight excluding hydrogens is 314 g/mol. The van der Waals surface area contributed by atoms with Gasteiger partial charge in [-0.1, -0.05) is 19.1 Å². The predicted molar refractivity (Wildman–Crippen MR) is 80.8 cm³/mol. The summed E-state index contributed by atoms with van der Waals surface area (Å²) >= 11 is 6.92. The van der Waals surface area contributed by atoms with Crippen molar-refractivity contribution in [1.29, 1.82) is 0 Å². The van der Waals surface area contributed by atoms with E-state index in [4.69, 9.17) is 11.6 Å². The molecule has 0 spiro atoms. The molecule has 0 fully saturated rings. The first-order chi connectivity index (χ1) is 10.1. The van der Waals surface area contributed by atoms with E-state index in [0.717, 1.165) is 18.2 Å². The van der Waals surface area contributed by atoms with Crippen molar-refractivity contribution in [3.8, 4) is 0 Å². The van der Waals surface area contributed by atoms with Crippen LogP contribution in [0.5, 0.6) is 0 Å². The number of anilines is 1. The maximum atomic E-state index is 11.0. The van der Waals surface area contributed by atoms with E-state index in [0.29, 0.717) is 22.5 Å². The van der Waals surface area contributed by atoms with Crippen molar-refractivity contribution in [2.45, 2.75) is 23.4 Å². The summed E-state index contributed by atoms with van der Waals surface area (Å²) in [6.07, 6.45) is 0.913. The van der Waals surface area contributed by atoms with Crippen LogP contribution >= 0.6 is 23.4 Å². The highest BCUT2D eigenvalue weighted by Gasteiger charge is 2.16. The van der Waals surface area contributed by atoms with Gasteiger partial charge >= 0.3 is 0 Å². The number of aromatic nitrogens is 3. The van der Waals surface area contributed by atoms with Gasteiger partial charge in [-0.25, -0.2) is 0 Å². The molecule has 2 aromatic rings. The molecule has 0 amide bonds. The molecule has 1 aromatic carbocycles. The van der Waals surface area contributed by atoms with Gasteiger partial charge in [-0.2, -0.15) is 15.0 Å². The minimum Gasteiger partial charge on any atom is -0.354 e. The molecule has 110 valence electrons. The average Bonchev–Trinajstić information content (AvgIpc) is 2.45. The molecule has 21 heavy (non-hydrogen) atoms. The minimum atomic E-state index is -0.443. The van der Waals surface area contributed by atoms with E-state index < -0.39 is 4.92 Å². The van der Waals surface area contributed by atoms with Crippen molar-refractivity contribution < 1.29 is 4.92 Å². The van der Waals surface area contributed by atoms with E-state index >= 15 is 0 Å². The van der Waals surface area contributed by atoms with Crippen LogP contribution in [-0.4, -0.2) is 26.4 Å². The summed E-state index contributed by atoms with van der Waals surface area (Å²) in [6.45, 7) is 2.72. The normalized spacial score (nSPS) is 10.4. The molecule has 0 bridgehead atoms. The first-order valence-corrected chi connectivity index (χ1v) is 7.36. The third-order valence-electron chi connectivity index (χ3n) is 2.38. The zero-order valence-corrected chi connectivity index (χ0v) is 12.7. The molecule has 1 aromatic heterocycles. The Morgan fingerprint density at radius 1 is 1.33 bits per heavy atom. The van der Waals surface area contributed by atoms with Gasteiger partial charge in [0.2, 0.25) is 11.2 Å². The van der Waals surface area contributed by atoms with Gasteiger partial charge in [0, 0.05) is 12.6 Å². The lowest BCUT2D eigenvalue weighted by Gasteiger charge is -2.05. The summed E-state index contributed by atoms with van der Waals surface area (Å²) in [5, 5.41) is 14.3. The van der Waals surface area contributed by atoms with Gasteiger partial charge in [-0.05, 0) is 35.9 Å². The molecule has 0 aliphatic rings. The van der Waals surface area contributed by atoms with Gasteiger partial charge < -0.3 is 5.32 Å². The maximum absolute atomic E-state index is 11.0. The fourth-order valence-corrected chi connectivity index (χ4v) is 2.55. The van der Waals surface area contributed by atoms with Crippen molar-refractivity contribution in [2.75, 3.05) is 11.9 Å². The van der Waals surface area contributed by atoms with Crippen LogP contribution in [0.1, 0.15) is 13.3 Å². The lowest BCUT2D eigenvalue weighted by molar-refractivity contribution is -0.387. The second kappa shape index (κ2) is 7.19. The van der Waals surface area contributed by atoms with Crippen LogP contribution in [0.3, 0.4) is 0 Å². The van der Waals surface area contributed by atoms with Gasteiger partial charge in [0.15, 0.2) is 5.16 Å². The van der Waals surface area contributed by atoms with Crippen LogP contribution in [0.2, 0.25) is 5.28 Å². The second-order valence-corrected chi connectivity index (χ2v) is 5.31. The molecular formula is C12H12ClN5O2S. The van der Waals surface area contributed by atoms with E-state index in [9.17, 15) is 10.1 Å². The van der Waals surface area contributed by atoms with E-state index in [2.05, 4.69) is 20.3 Å². The molecule has 0 atom stereocenters. The molecule has 0 radical (unpaired) electrons. The number of para-hydroxylation sites is 1. The standard InChI is InChI=1S/C12H12ClN5O2S/c1-2-7-14-11-15-10(13)16-12(17-11)21-9-6-4-3-5-8(9)18(19)20/h3-6H,2,7H2,1H3,(H,14,15,16,17). The van der Waals surface area contributed by atoms with E-state index in [1.54, 1.807) is 18.2 Å². The smallest absolute Gasteiger partial charge is 0.283 e. The molecule has 1 heterocycles. The van der Waals surface area contributed by atoms with Gasteiger partial charge in [0.25, 0.3) is 5.69 Å². The van der Waals surface area contributed by atoms with Gasteiger partial charge in [-0.3, -0.25) is 10.1 Å². The van der Waals surface area contributed by atoms with Gasteiger partial charge in [-0.15, -0.1) is 0 Å². The van der Waals surface area contributed by atoms with E-state index in [1.807, 2.05) is 6.92 Å². The fourth-order valence-electron chi connectivity index (χ4n) is 1.49. The SMILES string of the molecule is CCCNc1nc(Cl)nc(Sc2ccccc2[N+](=O)[O-])n1. The molecule has 2 rings (SSSR count). The van der Waals surface area contributed by atoms with Crippen LogP contribution in [0.15, 0.2) is 34.3 Å². The van der Waals surface area contributed by atoms with Gasteiger partial charge in [0.05, 0.1) is 9.82 Å². The molecule has 0 aliphatic carbocycles. The molecule has 1 N–H and O–H groups in total. The molecule has 7 nitrogen and oxygen atoms in total. The summed E-state index contributed by atoms with van der Waals surface area (Å²) < 4.78 is 0. The number of hydrogen-bond donors (Lipinski definition) is 1. The Morgan fingerprint density at radius 2 is 2.10 bits per heavy atom. The van der Waals surface area contributed by atoms with Crippen molar-refractivity contribution in [3.05, 3.63) is 39.7 Å². The molecule has 9 heteroatoms. The number of rotatable bonds is 6. The van der Waals surface area contributed by atoms with E-state index in [1.165, 1.54) is 6.07 Å². The van der Waals surface area contributed by atoms with Crippen LogP contribution in [-0.2, 0) is 0 Å². The predicted octanol–water partition coefficient (Wildman–Crippen LogP) is 3.41. The zero-order valence-electron chi connectivity index (χ0n) is 11.1. The Bertz CT molecular complexity index is 655. The fraction of sp³-hybridized carbons (Fsp3) is 0.250. The number of nitro groups is 1. The monoisotopic (exact) mass is 325 g/mol. The number of hydrogen-bond acceptors (Lipinski definition) is 7. The van der Waals surface area contributed by atoms with Crippen molar-refractivity contribution in [1.82, 2.24) is 15.0 Å². The maximum Gasteiger partial charge on any atom is 0.283 e. The topological polar surface area (TPSA) is 93.8 Å². The highest BCUT2D eigenvalue weighted by Crippen LogP contribution is 2.33. The molecule has 0 saturated carbocycles. The summed E-state index contributed by atoms with van der Waals surface area (Å²) in [4.78, 5) is 23.1. The number of nitrogens with one attached hydrogen (secondary N) is 1. The van der Waals surface area contributed by atoms with Crippen LogP contribution in [0.25, 0.3) is 0 Å². The summed E-state index contributed by atoms with van der Waals surface area (Å²) in [5.74, 6) is 0.359. The lowest BCUT2D eigenvalue weighted by Crippen LogP contribution is -2.06. The first kappa shape index (κ1) is 15.5. The lowest BCUT2D eigenvalue weighted by atomic mass is 10.3. The largest absolute Gasteiger partial charge is 0.354 e. The van der Waals surface area contributed by atoms with E-state index in [-0.39, 0.29) is 11.0 Å².